The van der Waals surface area contributed by atoms with E-state index in [0.717, 1.165) is 29.9 Å². The molecule has 0 fully saturated rings. The number of rotatable bonds is 5. The molecule has 2 heterocycles. The number of amides is 1. The first-order valence-corrected chi connectivity index (χ1v) is 11.0. The summed E-state index contributed by atoms with van der Waals surface area (Å²) in [5, 5.41) is 20.4. The Bertz CT molecular complexity index is 1240. The fraction of sp³-hybridized carbons (Fsp3) is 0.240. The van der Waals surface area contributed by atoms with E-state index < -0.39 is 6.04 Å². The van der Waals surface area contributed by atoms with Crippen molar-refractivity contribution in [3.63, 3.8) is 0 Å². The third-order valence-electron chi connectivity index (χ3n) is 5.92. The molecule has 1 aliphatic carbocycles. The van der Waals surface area contributed by atoms with Gasteiger partial charge in [-0.05, 0) is 61.7 Å². The average molecular weight is 444 g/mol. The molecule has 0 unspecified atom stereocenters. The van der Waals surface area contributed by atoms with Gasteiger partial charge in [0.05, 0.1) is 12.8 Å². The second-order valence-electron chi connectivity index (χ2n) is 8.05. The van der Waals surface area contributed by atoms with E-state index >= 15 is 0 Å². The monoisotopic (exact) mass is 444 g/mol. The molecule has 2 aliphatic rings. The number of phenols is 1. The molecule has 33 heavy (non-hydrogen) atoms. The Labute approximate surface area is 190 Å². The maximum Gasteiger partial charge on any atom is 0.261 e. The standard InChI is InChI=1S/C25H24N4O4/c1-2-33-18-12-8-16(9-13-18)27-25(32)19-14-26-29-23(15-6-10-17(30)11-7-15)22-20(28-24(19)29)4-3-5-21(22)31/h6-14,23,28,30H,2-5H2,1H3,(H,27,32)/t23-/m0/s1. The highest BCUT2D eigenvalue weighted by molar-refractivity contribution is 6.08. The van der Waals surface area contributed by atoms with Crippen LogP contribution in [0, 0.1) is 0 Å². The Morgan fingerprint density at radius 2 is 1.94 bits per heavy atom. The topological polar surface area (TPSA) is 105 Å². The fourth-order valence-electron chi connectivity index (χ4n) is 4.39. The first-order chi connectivity index (χ1) is 16.0. The average Bonchev–Trinajstić information content (AvgIpc) is 3.24. The summed E-state index contributed by atoms with van der Waals surface area (Å²) in [6, 6.07) is 13.5. The highest BCUT2D eigenvalue weighted by atomic mass is 16.5. The highest BCUT2D eigenvalue weighted by Crippen LogP contribution is 2.41. The Morgan fingerprint density at radius 1 is 1.18 bits per heavy atom. The number of benzene rings is 2. The number of aromatic nitrogens is 2. The summed E-state index contributed by atoms with van der Waals surface area (Å²) in [7, 11) is 0. The van der Waals surface area contributed by atoms with E-state index in [9.17, 15) is 14.7 Å². The number of ether oxygens (including phenoxy) is 1. The maximum absolute atomic E-state index is 13.1. The molecule has 3 N–H and O–H groups in total. The predicted molar refractivity (Wildman–Crippen MR) is 124 cm³/mol. The van der Waals surface area contributed by atoms with E-state index in [1.807, 2.05) is 6.92 Å². The van der Waals surface area contributed by atoms with Gasteiger partial charge in [-0.25, -0.2) is 4.68 Å². The van der Waals surface area contributed by atoms with Crippen LogP contribution < -0.4 is 15.4 Å². The van der Waals surface area contributed by atoms with Crippen LogP contribution in [-0.4, -0.2) is 33.2 Å². The lowest BCUT2D eigenvalue weighted by Gasteiger charge is -2.33. The first-order valence-electron chi connectivity index (χ1n) is 11.0. The molecule has 1 atom stereocenters. The zero-order chi connectivity index (χ0) is 22.9. The molecule has 0 spiro atoms. The number of aromatic hydroxyl groups is 1. The van der Waals surface area contributed by atoms with Crippen LogP contribution in [-0.2, 0) is 4.79 Å². The molecule has 1 amide bonds. The van der Waals surface area contributed by atoms with Gasteiger partial charge in [0.1, 0.15) is 28.9 Å². The van der Waals surface area contributed by atoms with Crippen molar-refractivity contribution in [2.45, 2.75) is 32.2 Å². The highest BCUT2D eigenvalue weighted by Gasteiger charge is 2.37. The van der Waals surface area contributed by atoms with Gasteiger partial charge in [0, 0.05) is 23.4 Å². The molecule has 168 valence electrons. The molecule has 5 rings (SSSR count). The van der Waals surface area contributed by atoms with Gasteiger partial charge in [-0.3, -0.25) is 9.59 Å². The SMILES string of the molecule is CCOc1ccc(NC(=O)c2cnn3c2NC2=C(C(=O)CCC2)[C@@H]3c2ccc(O)cc2)cc1. The lowest BCUT2D eigenvalue weighted by atomic mass is 9.85. The van der Waals surface area contributed by atoms with E-state index in [0.29, 0.717) is 35.7 Å². The Hall–Kier alpha value is -4.07. The number of nitrogens with one attached hydrogen (secondary N) is 2. The minimum absolute atomic E-state index is 0.0726. The summed E-state index contributed by atoms with van der Waals surface area (Å²) in [6.45, 7) is 2.49. The zero-order valence-electron chi connectivity index (χ0n) is 18.2. The number of nitrogens with zero attached hydrogens (tertiary/aromatic N) is 2. The third kappa shape index (κ3) is 3.84. The van der Waals surface area contributed by atoms with Crippen LogP contribution in [0.25, 0.3) is 0 Å². The van der Waals surface area contributed by atoms with Gasteiger partial charge >= 0.3 is 0 Å². The van der Waals surface area contributed by atoms with Gasteiger partial charge in [0.25, 0.3) is 5.91 Å². The van der Waals surface area contributed by atoms with Crippen LogP contribution in [0.1, 0.15) is 48.1 Å². The van der Waals surface area contributed by atoms with Gasteiger partial charge < -0.3 is 20.5 Å². The normalized spacial score (nSPS) is 17.1. The molecule has 0 saturated carbocycles. The summed E-state index contributed by atoms with van der Waals surface area (Å²) < 4.78 is 7.13. The Morgan fingerprint density at radius 3 is 2.67 bits per heavy atom. The predicted octanol–water partition coefficient (Wildman–Crippen LogP) is 4.26. The van der Waals surface area contributed by atoms with E-state index in [-0.39, 0.29) is 17.4 Å². The van der Waals surface area contributed by atoms with Crippen molar-refractivity contribution in [2.75, 3.05) is 17.2 Å². The van der Waals surface area contributed by atoms with E-state index in [4.69, 9.17) is 4.74 Å². The number of allylic oxidation sites excluding steroid dienone is 2. The quantitative estimate of drug-likeness (QED) is 0.543. The van der Waals surface area contributed by atoms with Gasteiger partial charge in [-0.1, -0.05) is 12.1 Å². The van der Waals surface area contributed by atoms with E-state index in [2.05, 4.69) is 15.7 Å². The lowest BCUT2D eigenvalue weighted by molar-refractivity contribution is -0.116. The minimum Gasteiger partial charge on any atom is -0.508 e. The summed E-state index contributed by atoms with van der Waals surface area (Å²) in [6.07, 6.45) is 3.48. The van der Waals surface area contributed by atoms with Crippen molar-refractivity contribution in [3.8, 4) is 11.5 Å². The molecular weight excluding hydrogens is 420 g/mol. The third-order valence-corrected chi connectivity index (χ3v) is 5.92. The van der Waals surface area contributed by atoms with Crippen LogP contribution in [0.15, 0.2) is 66.0 Å². The van der Waals surface area contributed by atoms with Crippen molar-refractivity contribution in [1.29, 1.82) is 0 Å². The van der Waals surface area contributed by atoms with Crippen molar-refractivity contribution in [2.24, 2.45) is 0 Å². The van der Waals surface area contributed by atoms with Crippen LogP contribution in [0.4, 0.5) is 11.5 Å². The second kappa shape index (κ2) is 8.46. The molecule has 8 nitrogen and oxygen atoms in total. The second-order valence-corrected chi connectivity index (χ2v) is 8.05. The number of Topliss-reactive ketones (excluding diaryl/α,β-unsaturated/α-hetero) is 1. The lowest BCUT2D eigenvalue weighted by Crippen LogP contribution is -2.32. The number of carbonyl (C=O) groups excluding carboxylic acids is 2. The minimum atomic E-state index is -0.461. The molecule has 0 bridgehead atoms. The molecule has 0 radical (unpaired) electrons. The van der Waals surface area contributed by atoms with Gasteiger partial charge in [0.2, 0.25) is 0 Å². The molecule has 3 aromatic rings. The number of phenolic OH excluding ortho intramolecular Hbond substituents is 1. The first kappa shape index (κ1) is 20.8. The van der Waals surface area contributed by atoms with Gasteiger partial charge in [-0.15, -0.1) is 0 Å². The van der Waals surface area contributed by atoms with Gasteiger partial charge in [-0.2, -0.15) is 5.10 Å². The largest absolute Gasteiger partial charge is 0.508 e. The summed E-state index contributed by atoms with van der Waals surface area (Å²) in [4.78, 5) is 26.0. The number of carbonyl (C=O) groups is 2. The smallest absolute Gasteiger partial charge is 0.261 e. The van der Waals surface area contributed by atoms with Crippen molar-refractivity contribution < 1.29 is 19.4 Å². The van der Waals surface area contributed by atoms with E-state index in [1.165, 1.54) is 6.20 Å². The van der Waals surface area contributed by atoms with Crippen molar-refractivity contribution in [3.05, 3.63) is 77.1 Å². The number of ketones is 1. The molecule has 2 aromatic carbocycles. The number of hydrogen-bond acceptors (Lipinski definition) is 6. The van der Waals surface area contributed by atoms with Crippen LogP contribution in [0.3, 0.4) is 0 Å². The molecule has 8 heteroatoms. The van der Waals surface area contributed by atoms with Crippen molar-refractivity contribution >= 4 is 23.2 Å². The summed E-state index contributed by atoms with van der Waals surface area (Å²) in [5.41, 5.74) is 3.34. The molecule has 1 aliphatic heterocycles. The Kier molecular flexibility index (Phi) is 5.34. The zero-order valence-corrected chi connectivity index (χ0v) is 18.2. The van der Waals surface area contributed by atoms with Crippen LogP contribution in [0.2, 0.25) is 0 Å². The van der Waals surface area contributed by atoms with Crippen molar-refractivity contribution in [1.82, 2.24) is 9.78 Å². The molecular formula is C25H24N4O4. The van der Waals surface area contributed by atoms with E-state index in [1.54, 1.807) is 53.2 Å². The fourth-order valence-corrected chi connectivity index (χ4v) is 4.39. The molecule has 0 saturated heterocycles. The van der Waals surface area contributed by atoms with Crippen LogP contribution in [0.5, 0.6) is 11.5 Å². The van der Waals surface area contributed by atoms with Gasteiger partial charge in [0.15, 0.2) is 5.78 Å². The summed E-state index contributed by atoms with van der Waals surface area (Å²) in [5.74, 6) is 1.20. The number of hydrogen-bond donors (Lipinski definition) is 3. The number of anilines is 2. The molecule has 1 aromatic heterocycles. The maximum atomic E-state index is 13.1. The Balaban J connectivity index is 1.50. The summed E-state index contributed by atoms with van der Waals surface area (Å²) >= 11 is 0. The number of fused-ring (bicyclic) bond motifs is 1. The van der Waals surface area contributed by atoms with Crippen LogP contribution >= 0.6 is 0 Å².